The number of aromatic nitrogens is 3. The molecule has 0 saturated heterocycles. The van der Waals surface area contributed by atoms with Gasteiger partial charge in [-0.25, -0.2) is 9.78 Å². The van der Waals surface area contributed by atoms with Crippen molar-refractivity contribution in [3.8, 4) is 11.1 Å². The van der Waals surface area contributed by atoms with Crippen LogP contribution in [0.2, 0.25) is 0 Å². The van der Waals surface area contributed by atoms with Gasteiger partial charge >= 0.3 is 11.8 Å². The van der Waals surface area contributed by atoms with Gasteiger partial charge in [0.05, 0.1) is 23.7 Å². The zero-order chi connectivity index (χ0) is 37.3. The van der Waals surface area contributed by atoms with Crippen molar-refractivity contribution in [2.24, 2.45) is 0 Å². The third kappa shape index (κ3) is 6.80. The highest BCUT2D eigenvalue weighted by Crippen LogP contribution is 2.32. The van der Waals surface area contributed by atoms with Crippen LogP contribution in [0.4, 0.5) is 11.5 Å². The summed E-state index contributed by atoms with van der Waals surface area (Å²) in [6.45, 7) is 2.55. The van der Waals surface area contributed by atoms with Crippen LogP contribution in [0, 0.1) is 0 Å². The zero-order valence-electron chi connectivity index (χ0n) is 29.8. The Kier molecular flexibility index (Phi) is 9.36. The maximum absolute atomic E-state index is 13.4. The summed E-state index contributed by atoms with van der Waals surface area (Å²) < 4.78 is 1.84. The molecule has 4 heterocycles. The molecule has 2 unspecified atom stereocenters. The Balaban J connectivity index is 0.858. The molecule has 1 saturated carbocycles. The van der Waals surface area contributed by atoms with Gasteiger partial charge in [-0.3, -0.25) is 19.3 Å². The molecule has 1 fully saturated rings. The number of benzene rings is 3. The first-order valence-corrected chi connectivity index (χ1v) is 18.5. The highest BCUT2D eigenvalue weighted by atomic mass is 16.3. The Morgan fingerprint density at radius 3 is 2.44 bits per heavy atom. The molecule has 3 atom stereocenters. The van der Waals surface area contributed by atoms with Crippen LogP contribution in [0.25, 0.3) is 16.8 Å². The maximum Gasteiger partial charge on any atom is 0.388 e. The van der Waals surface area contributed by atoms with Gasteiger partial charge in [-0.05, 0) is 73.1 Å². The minimum absolute atomic E-state index is 0.0726. The molecule has 2 aliphatic heterocycles. The van der Waals surface area contributed by atoms with Crippen molar-refractivity contribution < 1.29 is 29.3 Å². The number of rotatable bonds is 11. The van der Waals surface area contributed by atoms with E-state index in [-0.39, 0.29) is 53.8 Å². The monoisotopic (exact) mass is 725 g/mol. The van der Waals surface area contributed by atoms with Crippen LogP contribution in [-0.4, -0.2) is 72.3 Å². The van der Waals surface area contributed by atoms with E-state index in [1.165, 1.54) is 0 Å². The Morgan fingerprint density at radius 2 is 1.69 bits per heavy atom. The Labute approximate surface area is 311 Å². The van der Waals surface area contributed by atoms with Crippen LogP contribution in [0.15, 0.2) is 85.1 Å². The van der Waals surface area contributed by atoms with Crippen molar-refractivity contribution in [2.75, 3.05) is 10.6 Å². The standard InChI is InChI=1S/C41H40N8O5/c1-2-4-28-22-35(49-34(44-28)19-20-43-49)45-29-15-16-30(21-29)46-38(51)27-13-11-26(12-14-27)25-9-7-24(8-10-25)23-42-32-6-3-5-31-37(32)41(54)48(40(31)53)33-17-18-36(50)47-39(33)52/h3,5-14,19-20,22,29-30,33,42,45H,2,4,15-18,21,23H2,1H3,(H,46,51)(H,47,50,52)/p+1/t29-,30?,33?/m1/s1. The Morgan fingerprint density at radius 1 is 0.926 bits per heavy atom. The van der Waals surface area contributed by atoms with Gasteiger partial charge in [-0.2, -0.15) is 9.61 Å². The second-order valence-electron chi connectivity index (χ2n) is 14.1. The molecule has 0 radical (unpaired) electrons. The van der Waals surface area contributed by atoms with Gasteiger partial charge in [0.25, 0.3) is 17.7 Å². The van der Waals surface area contributed by atoms with E-state index >= 15 is 0 Å². The summed E-state index contributed by atoms with van der Waals surface area (Å²) in [7, 11) is 0. The number of aliphatic hydroxyl groups excluding tert-OH is 1. The van der Waals surface area contributed by atoms with E-state index in [9.17, 15) is 24.3 Å². The molecule has 274 valence electrons. The molecule has 1 aliphatic carbocycles. The fourth-order valence-corrected chi connectivity index (χ4v) is 7.68. The van der Waals surface area contributed by atoms with Gasteiger partial charge in [0.1, 0.15) is 5.82 Å². The molecule has 13 nitrogen and oxygen atoms in total. The van der Waals surface area contributed by atoms with Gasteiger partial charge in [-0.1, -0.05) is 55.8 Å². The highest BCUT2D eigenvalue weighted by molar-refractivity contribution is 6.25. The van der Waals surface area contributed by atoms with Crippen LogP contribution in [-0.2, 0) is 17.8 Å². The topological polar surface area (TPSA) is 172 Å². The first-order valence-electron chi connectivity index (χ1n) is 18.5. The lowest BCUT2D eigenvalue weighted by Gasteiger charge is -2.23. The van der Waals surface area contributed by atoms with Crippen molar-refractivity contribution in [2.45, 2.75) is 76.5 Å². The van der Waals surface area contributed by atoms with E-state index < -0.39 is 17.9 Å². The van der Waals surface area contributed by atoms with E-state index in [4.69, 9.17) is 4.98 Å². The van der Waals surface area contributed by atoms with E-state index in [1.807, 2.05) is 59.1 Å². The number of hydrogen-bond acceptors (Lipinski definition) is 8. The zero-order valence-corrected chi connectivity index (χ0v) is 29.8. The SMILES string of the molecule is CCCc1cc(N[C@@H]2CCC(NC(=O)c3ccc(-c4ccc(CNc5cccc6c5C(=O)N(C5CCC(=O)[NH+]=C5O)C6=O)cc4)cc3)C2)n2nccc2n1. The molecule has 13 heteroatoms. The van der Waals surface area contributed by atoms with Crippen LogP contribution >= 0.6 is 0 Å². The molecular formula is C41H41N8O5+. The van der Waals surface area contributed by atoms with Gasteiger partial charge in [0, 0.05) is 47.7 Å². The predicted molar refractivity (Wildman–Crippen MR) is 202 cm³/mol. The summed E-state index contributed by atoms with van der Waals surface area (Å²) in [5.74, 6) is -0.914. The van der Waals surface area contributed by atoms with Crippen LogP contribution < -0.4 is 20.9 Å². The van der Waals surface area contributed by atoms with Crippen molar-refractivity contribution in [1.29, 1.82) is 0 Å². The molecule has 5 N–H and O–H groups in total. The van der Waals surface area contributed by atoms with Crippen molar-refractivity contribution in [1.82, 2.24) is 24.8 Å². The number of anilines is 2. The normalized spacial score (nSPS) is 19.6. The van der Waals surface area contributed by atoms with Gasteiger partial charge < -0.3 is 21.1 Å². The van der Waals surface area contributed by atoms with Crippen molar-refractivity contribution >= 4 is 46.7 Å². The number of aliphatic hydroxyl groups is 1. The third-order valence-corrected chi connectivity index (χ3v) is 10.4. The first-order chi connectivity index (χ1) is 26.2. The number of nitrogens with one attached hydrogen (secondary N) is 4. The van der Waals surface area contributed by atoms with E-state index in [0.29, 0.717) is 17.8 Å². The number of fused-ring (bicyclic) bond motifs is 2. The molecule has 0 bridgehead atoms. The lowest BCUT2D eigenvalue weighted by Crippen LogP contribution is -2.82. The van der Waals surface area contributed by atoms with E-state index in [0.717, 1.165) is 70.9 Å². The number of hydrogen-bond donors (Lipinski definition) is 5. The average Bonchev–Trinajstić information content (AvgIpc) is 3.90. The summed E-state index contributed by atoms with van der Waals surface area (Å²) >= 11 is 0. The fraction of sp³-hybridized carbons (Fsp3) is 0.293. The molecule has 5 aromatic rings. The fourth-order valence-electron chi connectivity index (χ4n) is 7.68. The first kappa shape index (κ1) is 34.7. The summed E-state index contributed by atoms with van der Waals surface area (Å²) in [5.41, 5.74) is 6.43. The Hall–Kier alpha value is -6.37. The van der Waals surface area contributed by atoms with Crippen molar-refractivity contribution in [3.05, 3.63) is 113 Å². The minimum atomic E-state index is -0.908. The summed E-state index contributed by atoms with van der Waals surface area (Å²) in [5, 5.41) is 24.9. The van der Waals surface area contributed by atoms with Gasteiger partial charge in [0.15, 0.2) is 11.7 Å². The molecule has 0 spiro atoms. The molecular weight excluding hydrogens is 685 g/mol. The number of nitrogens with zero attached hydrogens (tertiary/aromatic N) is 4. The van der Waals surface area contributed by atoms with Gasteiger partial charge in [0.2, 0.25) is 0 Å². The van der Waals surface area contributed by atoms with Crippen molar-refractivity contribution in [3.63, 3.8) is 0 Å². The number of amides is 4. The summed E-state index contributed by atoms with van der Waals surface area (Å²) in [6, 6.07) is 24.0. The van der Waals surface area contributed by atoms with Gasteiger partial charge in [-0.15, -0.1) is 4.99 Å². The second kappa shape index (κ2) is 14.6. The molecule has 4 amide bonds. The largest absolute Gasteiger partial charge is 0.462 e. The lowest BCUT2D eigenvalue weighted by molar-refractivity contribution is -0.394. The van der Waals surface area contributed by atoms with E-state index in [2.05, 4.69) is 39.0 Å². The number of carbonyl (C=O) groups excluding carboxylic acids is 4. The Bertz CT molecular complexity index is 2300. The number of imide groups is 1. The number of aryl methyl sites for hydroxylation is 1. The molecule has 8 rings (SSSR count). The molecule has 54 heavy (non-hydrogen) atoms. The third-order valence-electron chi connectivity index (χ3n) is 10.4. The highest BCUT2D eigenvalue weighted by Gasteiger charge is 2.47. The summed E-state index contributed by atoms with van der Waals surface area (Å²) in [4.78, 5) is 59.6. The van der Waals surface area contributed by atoms with E-state index in [1.54, 1.807) is 24.4 Å². The lowest BCUT2D eigenvalue weighted by atomic mass is 10.0. The van der Waals surface area contributed by atoms with Crippen LogP contribution in [0.5, 0.6) is 0 Å². The molecule has 2 aromatic heterocycles. The van der Waals surface area contributed by atoms with Crippen LogP contribution in [0.3, 0.4) is 0 Å². The smallest absolute Gasteiger partial charge is 0.388 e. The summed E-state index contributed by atoms with van der Waals surface area (Å²) in [6.07, 6.45) is 6.61. The van der Waals surface area contributed by atoms with Crippen LogP contribution in [0.1, 0.15) is 87.8 Å². The predicted octanol–water partition coefficient (Wildman–Crippen LogP) is 4.05. The quantitative estimate of drug-likeness (QED) is 0.126. The minimum Gasteiger partial charge on any atom is -0.462 e. The number of carbonyl (C=O) groups is 4. The second-order valence-corrected chi connectivity index (χ2v) is 14.1. The maximum atomic E-state index is 13.4. The molecule has 3 aliphatic rings. The average molecular weight is 726 g/mol. The molecule has 3 aromatic carbocycles.